The van der Waals surface area contributed by atoms with E-state index in [1.807, 2.05) is 19.1 Å². The third-order valence-electron chi connectivity index (χ3n) is 3.83. The molecule has 21 heavy (non-hydrogen) atoms. The maximum absolute atomic E-state index is 12.2. The highest BCUT2D eigenvalue weighted by molar-refractivity contribution is 5.98. The number of nitrogens with one attached hydrogen (secondary N) is 1. The van der Waals surface area contributed by atoms with E-state index in [-0.39, 0.29) is 17.9 Å². The second-order valence-electron chi connectivity index (χ2n) is 5.04. The molecule has 1 amide bonds. The van der Waals surface area contributed by atoms with Gasteiger partial charge in [-0.05, 0) is 24.6 Å². The van der Waals surface area contributed by atoms with Gasteiger partial charge in [-0.1, -0.05) is 12.1 Å². The molecule has 1 N–H and O–H groups in total. The van der Waals surface area contributed by atoms with Gasteiger partial charge < -0.3 is 9.64 Å². The smallest absolute Gasteiger partial charge is 0.337 e. The monoisotopic (exact) mass is 285 g/mol. The first-order valence-electron chi connectivity index (χ1n) is 6.55. The Morgan fingerprint density at radius 1 is 1.33 bits per heavy atom. The highest BCUT2D eigenvalue weighted by Gasteiger charge is 2.39. The van der Waals surface area contributed by atoms with Crippen LogP contribution < -0.4 is 0 Å². The minimum Gasteiger partial charge on any atom is -0.465 e. The van der Waals surface area contributed by atoms with Crippen LogP contribution in [-0.4, -0.2) is 41.1 Å². The molecule has 2 aromatic rings. The van der Waals surface area contributed by atoms with Crippen LogP contribution in [0, 0.1) is 6.92 Å². The highest BCUT2D eigenvalue weighted by Crippen LogP contribution is 2.38. The number of hydrogen-bond acceptors (Lipinski definition) is 4. The van der Waals surface area contributed by atoms with Crippen LogP contribution >= 0.6 is 0 Å². The van der Waals surface area contributed by atoms with E-state index < -0.39 is 0 Å². The van der Waals surface area contributed by atoms with Crippen LogP contribution in [0.5, 0.6) is 0 Å². The Balaban J connectivity index is 2.02. The summed E-state index contributed by atoms with van der Waals surface area (Å²) in [4.78, 5) is 25.3. The summed E-state index contributed by atoms with van der Waals surface area (Å²) in [6.07, 6.45) is 0. The van der Waals surface area contributed by atoms with Gasteiger partial charge in [-0.2, -0.15) is 5.10 Å². The van der Waals surface area contributed by atoms with Crippen molar-refractivity contribution in [3.8, 4) is 0 Å². The Morgan fingerprint density at radius 2 is 2.00 bits per heavy atom. The highest BCUT2D eigenvalue weighted by atomic mass is 16.5. The number of hydrogen-bond donors (Lipinski definition) is 1. The Hall–Kier alpha value is -2.63. The van der Waals surface area contributed by atoms with Gasteiger partial charge in [-0.25, -0.2) is 4.79 Å². The summed E-state index contributed by atoms with van der Waals surface area (Å²) in [5.41, 5.74) is 3.66. The molecule has 1 aliphatic heterocycles. The third-order valence-corrected chi connectivity index (χ3v) is 3.83. The number of aromatic nitrogens is 2. The van der Waals surface area contributed by atoms with E-state index in [2.05, 4.69) is 14.9 Å². The van der Waals surface area contributed by atoms with Crippen LogP contribution in [0.4, 0.5) is 0 Å². The standard InChI is InChI=1S/C15H15N3O3/c1-8-11-12(17-16-8)14(19)18(2)13(11)9-4-6-10(7-5-9)15(20)21-3/h4-7,13H,1-3H3,(H,16,17)/t13-/m0/s1. The average Bonchev–Trinajstić information content (AvgIpc) is 2.99. The summed E-state index contributed by atoms with van der Waals surface area (Å²) in [7, 11) is 3.10. The number of fused-ring (bicyclic) bond motifs is 1. The van der Waals surface area contributed by atoms with Gasteiger partial charge in [0.15, 0.2) is 5.69 Å². The second kappa shape index (κ2) is 4.73. The normalized spacial score (nSPS) is 17.0. The number of amides is 1. The van der Waals surface area contributed by atoms with Crippen molar-refractivity contribution in [2.24, 2.45) is 0 Å². The van der Waals surface area contributed by atoms with Gasteiger partial charge >= 0.3 is 5.97 Å². The predicted molar refractivity (Wildman–Crippen MR) is 75.0 cm³/mol. The van der Waals surface area contributed by atoms with Crippen molar-refractivity contribution in [3.63, 3.8) is 0 Å². The molecule has 0 fully saturated rings. The number of benzene rings is 1. The molecule has 6 heteroatoms. The molecule has 0 spiro atoms. The molecule has 0 unspecified atom stereocenters. The molecule has 2 heterocycles. The predicted octanol–water partition coefficient (Wildman–Crippen LogP) is 1.68. The number of rotatable bonds is 2. The molecule has 6 nitrogen and oxygen atoms in total. The Morgan fingerprint density at radius 3 is 2.62 bits per heavy atom. The fourth-order valence-electron chi connectivity index (χ4n) is 2.72. The summed E-state index contributed by atoms with van der Waals surface area (Å²) in [6.45, 7) is 1.90. The van der Waals surface area contributed by atoms with Crippen molar-refractivity contribution in [1.82, 2.24) is 15.1 Å². The number of ether oxygens (including phenoxy) is 1. The molecule has 1 atom stereocenters. The fraction of sp³-hybridized carbons (Fsp3) is 0.267. The first kappa shape index (κ1) is 13.4. The lowest BCUT2D eigenvalue weighted by atomic mass is 9.98. The minimum absolute atomic E-state index is 0.101. The van der Waals surface area contributed by atoms with E-state index in [9.17, 15) is 9.59 Å². The molecule has 108 valence electrons. The first-order valence-corrected chi connectivity index (χ1v) is 6.55. The number of aryl methyl sites for hydroxylation is 1. The number of carbonyl (C=O) groups excluding carboxylic acids is 2. The third kappa shape index (κ3) is 1.91. The maximum Gasteiger partial charge on any atom is 0.337 e. The molecule has 0 aliphatic carbocycles. The van der Waals surface area contributed by atoms with Crippen molar-refractivity contribution in [1.29, 1.82) is 0 Å². The van der Waals surface area contributed by atoms with Gasteiger partial charge in [-0.3, -0.25) is 9.89 Å². The molecular formula is C15H15N3O3. The Kier molecular flexibility index (Phi) is 3.01. The zero-order valence-corrected chi connectivity index (χ0v) is 12.0. The SMILES string of the molecule is COC(=O)c1ccc([C@H]2c3c(n[nH]c3C)C(=O)N2C)cc1. The van der Waals surface area contributed by atoms with Gasteiger partial charge in [-0.15, -0.1) is 0 Å². The van der Waals surface area contributed by atoms with Gasteiger partial charge in [0.05, 0.1) is 18.7 Å². The largest absolute Gasteiger partial charge is 0.465 e. The van der Waals surface area contributed by atoms with Crippen molar-refractivity contribution in [2.45, 2.75) is 13.0 Å². The van der Waals surface area contributed by atoms with Gasteiger partial charge in [0.25, 0.3) is 5.91 Å². The van der Waals surface area contributed by atoms with Crippen LogP contribution in [0.25, 0.3) is 0 Å². The number of methoxy groups -OCH3 is 1. The van der Waals surface area contributed by atoms with Crippen LogP contribution in [-0.2, 0) is 4.74 Å². The van der Waals surface area contributed by atoms with Gasteiger partial charge in [0.2, 0.25) is 0 Å². The molecule has 1 aliphatic rings. The average molecular weight is 285 g/mol. The summed E-state index contributed by atoms with van der Waals surface area (Å²) in [5.74, 6) is -0.478. The van der Waals surface area contributed by atoms with E-state index in [1.165, 1.54) is 7.11 Å². The van der Waals surface area contributed by atoms with Crippen LogP contribution in [0.1, 0.15) is 43.7 Å². The second-order valence-corrected chi connectivity index (χ2v) is 5.04. The van der Waals surface area contributed by atoms with Crippen molar-refractivity contribution < 1.29 is 14.3 Å². The maximum atomic E-state index is 12.2. The lowest BCUT2D eigenvalue weighted by molar-refractivity contribution is 0.0600. The van der Waals surface area contributed by atoms with E-state index in [4.69, 9.17) is 0 Å². The first-order chi connectivity index (χ1) is 10.0. The van der Waals surface area contributed by atoms with E-state index in [0.29, 0.717) is 11.3 Å². The van der Waals surface area contributed by atoms with Crippen molar-refractivity contribution in [2.75, 3.05) is 14.2 Å². The Bertz CT molecular complexity index is 718. The van der Waals surface area contributed by atoms with Crippen molar-refractivity contribution in [3.05, 3.63) is 52.3 Å². The molecule has 0 bridgehead atoms. The lowest BCUT2D eigenvalue weighted by Gasteiger charge is -2.21. The zero-order valence-electron chi connectivity index (χ0n) is 12.0. The summed E-state index contributed by atoms with van der Waals surface area (Å²) in [6, 6.07) is 6.89. The number of aromatic amines is 1. The summed E-state index contributed by atoms with van der Waals surface area (Å²) >= 11 is 0. The molecule has 0 saturated heterocycles. The van der Waals surface area contributed by atoms with E-state index in [0.717, 1.165) is 16.8 Å². The number of esters is 1. The quantitative estimate of drug-likeness (QED) is 0.852. The van der Waals surface area contributed by atoms with Crippen LogP contribution in [0.3, 0.4) is 0 Å². The zero-order chi connectivity index (χ0) is 15.1. The lowest BCUT2D eigenvalue weighted by Crippen LogP contribution is -2.24. The minimum atomic E-state index is -0.377. The molecule has 1 aromatic heterocycles. The van der Waals surface area contributed by atoms with E-state index >= 15 is 0 Å². The fourth-order valence-corrected chi connectivity index (χ4v) is 2.72. The molecular weight excluding hydrogens is 270 g/mol. The molecule has 0 saturated carbocycles. The molecule has 0 radical (unpaired) electrons. The van der Waals surface area contributed by atoms with E-state index in [1.54, 1.807) is 24.1 Å². The Labute approximate surface area is 121 Å². The van der Waals surface area contributed by atoms with Gasteiger partial charge in [0, 0.05) is 18.3 Å². The topological polar surface area (TPSA) is 75.3 Å². The molecule has 3 rings (SSSR count). The number of carbonyl (C=O) groups is 2. The summed E-state index contributed by atoms with van der Waals surface area (Å²) in [5, 5.41) is 6.93. The number of H-pyrrole nitrogens is 1. The van der Waals surface area contributed by atoms with Gasteiger partial charge in [0.1, 0.15) is 0 Å². The van der Waals surface area contributed by atoms with Crippen molar-refractivity contribution >= 4 is 11.9 Å². The molecule has 1 aromatic carbocycles. The van der Waals surface area contributed by atoms with Crippen LogP contribution in [0.2, 0.25) is 0 Å². The van der Waals surface area contributed by atoms with Crippen LogP contribution in [0.15, 0.2) is 24.3 Å². The summed E-state index contributed by atoms with van der Waals surface area (Å²) < 4.78 is 4.68. The number of nitrogens with zero attached hydrogens (tertiary/aromatic N) is 2.